The lowest BCUT2D eigenvalue weighted by Gasteiger charge is -1.92. The van der Waals surface area contributed by atoms with Crippen LogP contribution >= 0.6 is 0 Å². The number of aromatic carboxylic acids is 1. The highest BCUT2D eigenvalue weighted by atomic mass is 16.4. The van der Waals surface area contributed by atoms with Crippen LogP contribution in [0.25, 0.3) is 0 Å². The monoisotopic (exact) mass is 152 g/mol. The molecular formula is C7H8N2O2. The van der Waals surface area contributed by atoms with Crippen LogP contribution in [0.3, 0.4) is 0 Å². The van der Waals surface area contributed by atoms with Crippen molar-refractivity contribution in [3.8, 4) is 0 Å². The molecule has 0 spiro atoms. The van der Waals surface area contributed by atoms with Gasteiger partial charge in [-0.25, -0.2) is 4.79 Å². The average Bonchev–Trinajstić information content (AvgIpc) is 2.41. The maximum Gasteiger partial charge on any atom is 0.339 e. The quantitative estimate of drug-likeness (QED) is 0.638. The predicted molar refractivity (Wildman–Crippen MR) is 37.5 cm³/mol. The second kappa shape index (κ2) is 2.08. The number of nitrogens with zero attached hydrogens (tertiary/aromatic N) is 2. The van der Waals surface area contributed by atoms with Gasteiger partial charge in [-0.3, -0.25) is 4.68 Å². The normalized spacial score (nSPS) is 14.9. The third-order valence-electron chi connectivity index (χ3n) is 1.96. The molecule has 2 rings (SSSR count). The first kappa shape index (κ1) is 6.39. The highest BCUT2D eigenvalue weighted by molar-refractivity contribution is 5.88. The van der Waals surface area contributed by atoms with Gasteiger partial charge in [-0.1, -0.05) is 0 Å². The number of rotatable bonds is 1. The second-order valence-electron chi connectivity index (χ2n) is 2.64. The van der Waals surface area contributed by atoms with Crippen LogP contribution in [0.4, 0.5) is 0 Å². The molecule has 0 aliphatic carbocycles. The molecular weight excluding hydrogens is 144 g/mol. The topological polar surface area (TPSA) is 55.1 Å². The van der Waals surface area contributed by atoms with E-state index in [-0.39, 0.29) is 0 Å². The van der Waals surface area contributed by atoms with E-state index in [4.69, 9.17) is 5.11 Å². The highest BCUT2D eigenvalue weighted by Gasteiger charge is 2.19. The molecule has 4 nitrogen and oxygen atoms in total. The molecule has 2 heterocycles. The third-order valence-corrected chi connectivity index (χ3v) is 1.96. The number of aromatic nitrogens is 2. The van der Waals surface area contributed by atoms with E-state index >= 15 is 0 Å². The lowest BCUT2D eigenvalue weighted by atomic mass is 10.2. The van der Waals surface area contributed by atoms with E-state index in [0.717, 1.165) is 25.1 Å². The molecule has 1 aliphatic rings. The molecule has 0 amide bonds. The smallest absolute Gasteiger partial charge is 0.339 e. The number of carbonyl (C=O) groups is 1. The largest absolute Gasteiger partial charge is 0.478 e. The van der Waals surface area contributed by atoms with Crippen LogP contribution in [0.2, 0.25) is 0 Å². The summed E-state index contributed by atoms with van der Waals surface area (Å²) in [4.78, 5) is 10.6. The Morgan fingerprint density at radius 3 is 3.27 bits per heavy atom. The Balaban J connectivity index is 2.50. The van der Waals surface area contributed by atoms with Gasteiger partial charge in [0.15, 0.2) is 0 Å². The molecule has 1 aromatic heterocycles. The van der Waals surface area contributed by atoms with Crippen molar-refractivity contribution < 1.29 is 9.90 Å². The Morgan fingerprint density at radius 2 is 2.55 bits per heavy atom. The summed E-state index contributed by atoms with van der Waals surface area (Å²) >= 11 is 0. The summed E-state index contributed by atoms with van der Waals surface area (Å²) in [5.41, 5.74) is 1.24. The van der Waals surface area contributed by atoms with Crippen molar-refractivity contribution in [3.05, 3.63) is 17.5 Å². The van der Waals surface area contributed by atoms with Crippen LogP contribution in [-0.2, 0) is 13.0 Å². The number of aryl methyl sites for hydroxylation is 1. The fraction of sp³-hybridized carbons (Fsp3) is 0.429. The first-order chi connectivity index (χ1) is 5.29. The molecule has 58 valence electrons. The summed E-state index contributed by atoms with van der Waals surface area (Å²) in [6, 6.07) is 0. The third kappa shape index (κ3) is 0.824. The molecule has 0 atom stereocenters. The molecule has 4 heteroatoms. The summed E-state index contributed by atoms with van der Waals surface area (Å²) in [5.74, 6) is -0.867. The van der Waals surface area contributed by atoms with Gasteiger partial charge >= 0.3 is 5.97 Å². The van der Waals surface area contributed by atoms with Crippen molar-refractivity contribution in [2.45, 2.75) is 19.4 Å². The van der Waals surface area contributed by atoms with Gasteiger partial charge in [0, 0.05) is 6.54 Å². The SMILES string of the molecule is O=C(O)c1cnn2c1CCC2. The summed E-state index contributed by atoms with van der Waals surface area (Å²) in [5, 5.41) is 12.6. The van der Waals surface area contributed by atoms with Crippen molar-refractivity contribution in [1.29, 1.82) is 0 Å². The van der Waals surface area contributed by atoms with Crippen molar-refractivity contribution in [1.82, 2.24) is 9.78 Å². The van der Waals surface area contributed by atoms with Gasteiger partial charge in [-0.15, -0.1) is 0 Å². The van der Waals surface area contributed by atoms with E-state index in [9.17, 15) is 4.79 Å². The zero-order valence-electron chi connectivity index (χ0n) is 5.95. The van der Waals surface area contributed by atoms with Crippen molar-refractivity contribution >= 4 is 5.97 Å². The molecule has 0 radical (unpaired) electrons. The fourth-order valence-electron chi connectivity index (χ4n) is 1.44. The van der Waals surface area contributed by atoms with Gasteiger partial charge in [-0.2, -0.15) is 5.10 Å². The first-order valence-corrected chi connectivity index (χ1v) is 3.57. The number of fused-ring (bicyclic) bond motifs is 1. The minimum absolute atomic E-state index is 0.363. The van der Waals surface area contributed by atoms with E-state index < -0.39 is 5.97 Å². The molecule has 0 unspecified atom stereocenters. The van der Waals surface area contributed by atoms with Crippen LogP contribution in [0.15, 0.2) is 6.20 Å². The number of hydrogen-bond acceptors (Lipinski definition) is 2. The van der Waals surface area contributed by atoms with Crippen LogP contribution in [0.5, 0.6) is 0 Å². The Bertz CT molecular complexity index is 303. The average molecular weight is 152 g/mol. The van der Waals surface area contributed by atoms with Crippen LogP contribution in [-0.4, -0.2) is 20.9 Å². The Labute approximate surface area is 63.4 Å². The van der Waals surface area contributed by atoms with Crippen molar-refractivity contribution in [3.63, 3.8) is 0 Å². The lowest BCUT2D eigenvalue weighted by Crippen LogP contribution is -1.99. The van der Waals surface area contributed by atoms with Crippen LogP contribution < -0.4 is 0 Å². The fourth-order valence-corrected chi connectivity index (χ4v) is 1.44. The molecule has 1 N–H and O–H groups in total. The lowest BCUT2D eigenvalue weighted by molar-refractivity contribution is 0.0696. The molecule has 1 aromatic rings. The number of carboxylic acid groups (broad SMARTS) is 1. The number of hydrogen-bond donors (Lipinski definition) is 1. The van der Waals surface area contributed by atoms with Gasteiger partial charge in [0.2, 0.25) is 0 Å². The molecule has 11 heavy (non-hydrogen) atoms. The summed E-state index contributed by atoms with van der Waals surface area (Å²) < 4.78 is 1.77. The summed E-state index contributed by atoms with van der Waals surface area (Å²) in [6.07, 6.45) is 3.29. The zero-order chi connectivity index (χ0) is 7.84. The maximum absolute atomic E-state index is 10.6. The van der Waals surface area contributed by atoms with E-state index in [2.05, 4.69) is 5.10 Å². The Kier molecular flexibility index (Phi) is 1.21. The minimum atomic E-state index is -0.867. The highest BCUT2D eigenvalue weighted by Crippen LogP contribution is 2.17. The predicted octanol–water partition coefficient (Wildman–Crippen LogP) is 0.528. The number of carboxylic acids is 1. The van der Waals surface area contributed by atoms with Gasteiger partial charge in [0.05, 0.1) is 11.9 Å². The van der Waals surface area contributed by atoms with E-state index in [0.29, 0.717) is 5.56 Å². The van der Waals surface area contributed by atoms with Crippen LogP contribution in [0.1, 0.15) is 22.5 Å². The Morgan fingerprint density at radius 1 is 1.73 bits per heavy atom. The summed E-state index contributed by atoms with van der Waals surface area (Å²) in [7, 11) is 0. The second-order valence-corrected chi connectivity index (χ2v) is 2.64. The molecule has 0 fully saturated rings. The van der Waals surface area contributed by atoms with Gasteiger partial charge in [-0.05, 0) is 12.8 Å². The molecule has 0 saturated carbocycles. The molecule has 1 aliphatic heterocycles. The van der Waals surface area contributed by atoms with Crippen molar-refractivity contribution in [2.24, 2.45) is 0 Å². The first-order valence-electron chi connectivity index (χ1n) is 3.57. The zero-order valence-corrected chi connectivity index (χ0v) is 5.95. The molecule has 0 saturated heterocycles. The minimum Gasteiger partial charge on any atom is -0.478 e. The summed E-state index contributed by atoms with van der Waals surface area (Å²) in [6.45, 7) is 0.864. The molecule has 0 aromatic carbocycles. The van der Waals surface area contributed by atoms with E-state index in [1.807, 2.05) is 0 Å². The Hall–Kier alpha value is -1.32. The van der Waals surface area contributed by atoms with Gasteiger partial charge in [0.25, 0.3) is 0 Å². The van der Waals surface area contributed by atoms with Gasteiger partial charge < -0.3 is 5.11 Å². The van der Waals surface area contributed by atoms with Gasteiger partial charge in [0.1, 0.15) is 5.56 Å². The van der Waals surface area contributed by atoms with Crippen LogP contribution in [0, 0.1) is 0 Å². The standard InChI is InChI=1S/C7H8N2O2/c10-7(11)5-4-8-9-3-1-2-6(5)9/h4H,1-3H2,(H,10,11). The van der Waals surface area contributed by atoms with E-state index in [1.54, 1.807) is 4.68 Å². The maximum atomic E-state index is 10.6. The van der Waals surface area contributed by atoms with E-state index in [1.165, 1.54) is 6.20 Å². The van der Waals surface area contributed by atoms with Crippen molar-refractivity contribution in [2.75, 3.05) is 0 Å². The molecule has 0 bridgehead atoms.